The van der Waals surface area contributed by atoms with Crippen LogP contribution in [0.4, 0.5) is 4.39 Å². The van der Waals surface area contributed by atoms with Gasteiger partial charge in [-0.15, -0.1) is 0 Å². The average Bonchev–Trinajstić information content (AvgIpc) is 2.53. The summed E-state index contributed by atoms with van der Waals surface area (Å²) in [5.74, 6) is -0.206. The molecule has 1 atom stereocenters. The zero-order valence-corrected chi connectivity index (χ0v) is 11.9. The zero-order chi connectivity index (χ0) is 14.7. The second-order valence-electron chi connectivity index (χ2n) is 5.15. The van der Waals surface area contributed by atoms with Crippen molar-refractivity contribution in [1.29, 1.82) is 0 Å². The standard InChI is InChI=1S/C18H17FN2/c1-13(14-6-9-16(19)10-7-14)20-12-17-11-8-15-4-2-3-5-18(15)21-17/h2-11,13,20H,12H2,1H3/t13-/m0/s1. The number of nitrogens with zero attached hydrogens (tertiary/aromatic N) is 1. The van der Waals surface area contributed by atoms with Crippen molar-refractivity contribution in [3.63, 3.8) is 0 Å². The highest BCUT2D eigenvalue weighted by molar-refractivity contribution is 5.78. The topological polar surface area (TPSA) is 24.9 Å². The van der Waals surface area contributed by atoms with Gasteiger partial charge in [-0.3, -0.25) is 4.98 Å². The lowest BCUT2D eigenvalue weighted by Crippen LogP contribution is -2.18. The molecule has 0 bridgehead atoms. The third kappa shape index (κ3) is 3.26. The summed E-state index contributed by atoms with van der Waals surface area (Å²) in [4.78, 5) is 4.63. The van der Waals surface area contributed by atoms with E-state index in [4.69, 9.17) is 0 Å². The van der Waals surface area contributed by atoms with E-state index in [0.29, 0.717) is 6.54 Å². The maximum Gasteiger partial charge on any atom is 0.123 e. The van der Waals surface area contributed by atoms with Crippen molar-refractivity contribution >= 4 is 10.9 Å². The van der Waals surface area contributed by atoms with Gasteiger partial charge in [0, 0.05) is 18.0 Å². The Morgan fingerprint density at radius 3 is 2.57 bits per heavy atom. The number of pyridine rings is 1. The molecule has 3 heteroatoms. The van der Waals surface area contributed by atoms with Gasteiger partial charge in [0.1, 0.15) is 5.82 Å². The van der Waals surface area contributed by atoms with Crippen LogP contribution in [0.5, 0.6) is 0 Å². The van der Waals surface area contributed by atoms with Gasteiger partial charge in [-0.25, -0.2) is 4.39 Å². The molecular formula is C18H17FN2. The van der Waals surface area contributed by atoms with Gasteiger partial charge in [0.05, 0.1) is 11.2 Å². The van der Waals surface area contributed by atoms with Crippen LogP contribution in [0.2, 0.25) is 0 Å². The van der Waals surface area contributed by atoms with Crippen LogP contribution in [0.3, 0.4) is 0 Å². The van der Waals surface area contributed by atoms with Gasteiger partial charge in [-0.2, -0.15) is 0 Å². The summed E-state index contributed by atoms with van der Waals surface area (Å²) in [6, 6.07) is 18.9. The number of nitrogens with one attached hydrogen (secondary N) is 1. The third-order valence-corrected chi connectivity index (χ3v) is 3.62. The summed E-state index contributed by atoms with van der Waals surface area (Å²) in [7, 11) is 0. The lowest BCUT2D eigenvalue weighted by molar-refractivity contribution is 0.565. The molecule has 0 aliphatic carbocycles. The van der Waals surface area contributed by atoms with Gasteiger partial charge in [0.25, 0.3) is 0 Å². The molecule has 0 fully saturated rings. The first kappa shape index (κ1) is 13.7. The molecule has 0 radical (unpaired) electrons. The molecule has 3 aromatic rings. The Kier molecular flexibility index (Phi) is 3.93. The molecule has 1 heterocycles. The van der Waals surface area contributed by atoms with E-state index in [0.717, 1.165) is 22.2 Å². The van der Waals surface area contributed by atoms with E-state index >= 15 is 0 Å². The van der Waals surface area contributed by atoms with E-state index in [2.05, 4.69) is 29.4 Å². The molecule has 2 aromatic carbocycles. The molecule has 2 nitrogen and oxygen atoms in total. The lowest BCUT2D eigenvalue weighted by Gasteiger charge is -2.14. The van der Waals surface area contributed by atoms with Gasteiger partial charge in [0.2, 0.25) is 0 Å². The minimum atomic E-state index is -0.206. The van der Waals surface area contributed by atoms with Crippen LogP contribution in [-0.2, 0) is 6.54 Å². The number of halogens is 1. The number of para-hydroxylation sites is 1. The molecule has 0 unspecified atom stereocenters. The second kappa shape index (κ2) is 6.02. The van der Waals surface area contributed by atoms with Crippen LogP contribution in [0.25, 0.3) is 10.9 Å². The Bertz CT molecular complexity index is 738. The quantitative estimate of drug-likeness (QED) is 0.773. The highest BCUT2D eigenvalue weighted by atomic mass is 19.1. The largest absolute Gasteiger partial charge is 0.305 e. The summed E-state index contributed by atoms with van der Waals surface area (Å²) >= 11 is 0. The number of hydrogen-bond donors (Lipinski definition) is 1. The minimum Gasteiger partial charge on any atom is -0.305 e. The molecule has 21 heavy (non-hydrogen) atoms. The third-order valence-electron chi connectivity index (χ3n) is 3.62. The summed E-state index contributed by atoms with van der Waals surface area (Å²) in [5, 5.41) is 4.56. The maximum atomic E-state index is 12.9. The number of fused-ring (bicyclic) bond motifs is 1. The Balaban J connectivity index is 1.69. The molecule has 106 valence electrons. The predicted octanol–water partition coefficient (Wildman–Crippen LogP) is 4.22. The van der Waals surface area contributed by atoms with E-state index in [1.165, 1.54) is 12.1 Å². The number of aromatic nitrogens is 1. The highest BCUT2D eigenvalue weighted by Gasteiger charge is 2.05. The molecule has 0 aliphatic rings. The van der Waals surface area contributed by atoms with Crippen LogP contribution in [0.15, 0.2) is 60.7 Å². The van der Waals surface area contributed by atoms with Crippen LogP contribution < -0.4 is 5.32 Å². The monoisotopic (exact) mass is 280 g/mol. The molecule has 3 rings (SSSR count). The summed E-state index contributed by atoms with van der Waals surface area (Å²) in [6.45, 7) is 2.75. The van der Waals surface area contributed by atoms with Crippen LogP contribution >= 0.6 is 0 Å². The summed E-state index contributed by atoms with van der Waals surface area (Å²) in [5.41, 5.74) is 3.08. The molecule has 0 amide bonds. The molecular weight excluding hydrogens is 263 g/mol. The molecule has 0 aliphatic heterocycles. The summed E-state index contributed by atoms with van der Waals surface area (Å²) < 4.78 is 12.9. The van der Waals surface area contributed by atoms with E-state index in [-0.39, 0.29) is 11.9 Å². The minimum absolute atomic E-state index is 0.152. The van der Waals surface area contributed by atoms with Gasteiger partial charge in [0.15, 0.2) is 0 Å². The first-order chi connectivity index (χ1) is 10.2. The van der Waals surface area contributed by atoms with Crippen molar-refractivity contribution in [2.24, 2.45) is 0 Å². The molecule has 1 aromatic heterocycles. The Hall–Kier alpha value is -2.26. The van der Waals surface area contributed by atoms with Crippen molar-refractivity contribution in [2.75, 3.05) is 0 Å². The number of rotatable bonds is 4. The van der Waals surface area contributed by atoms with E-state index in [9.17, 15) is 4.39 Å². The fourth-order valence-corrected chi connectivity index (χ4v) is 2.33. The molecule has 1 N–H and O–H groups in total. The smallest absolute Gasteiger partial charge is 0.123 e. The van der Waals surface area contributed by atoms with Crippen LogP contribution in [0.1, 0.15) is 24.2 Å². The van der Waals surface area contributed by atoms with Crippen LogP contribution in [0, 0.1) is 5.82 Å². The van der Waals surface area contributed by atoms with Crippen molar-refractivity contribution in [3.05, 3.63) is 77.7 Å². The zero-order valence-electron chi connectivity index (χ0n) is 11.9. The summed E-state index contributed by atoms with van der Waals surface area (Å²) in [6.07, 6.45) is 0. The van der Waals surface area contributed by atoms with Gasteiger partial charge in [-0.05, 0) is 36.8 Å². The number of hydrogen-bond acceptors (Lipinski definition) is 2. The van der Waals surface area contributed by atoms with E-state index in [1.54, 1.807) is 12.1 Å². The Morgan fingerprint density at radius 2 is 1.76 bits per heavy atom. The fraction of sp³-hybridized carbons (Fsp3) is 0.167. The van der Waals surface area contributed by atoms with E-state index < -0.39 is 0 Å². The fourth-order valence-electron chi connectivity index (χ4n) is 2.33. The Labute approximate surface area is 123 Å². The first-order valence-electron chi connectivity index (χ1n) is 7.06. The van der Waals surface area contributed by atoms with Crippen molar-refractivity contribution in [2.45, 2.75) is 19.5 Å². The molecule has 0 spiro atoms. The van der Waals surface area contributed by atoms with Crippen molar-refractivity contribution in [3.8, 4) is 0 Å². The SMILES string of the molecule is C[C@H](NCc1ccc2ccccc2n1)c1ccc(F)cc1. The van der Waals surface area contributed by atoms with Crippen molar-refractivity contribution < 1.29 is 4.39 Å². The van der Waals surface area contributed by atoms with E-state index in [1.807, 2.05) is 24.3 Å². The second-order valence-corrected chi connectivity index (χ2v) is 5.15. The maximum absolute atomic E-state index is 12.9. The van der Waals surface area contributed by atoms with Gasteiger partial charge < -0.3 is 5.32 Å². The average molecular weight is 280 g/mol. The predicted molar refractivity (Wildman–Crippen MR) is 83.4 cm³/mol. The van der Waals surface area contributed by atoms with Crippen LogP contribution in [-0.4, -0.2) is 4.98 Å². The molecule has 0 saturated carbocycles. The van der Waals surface area contributed by atoms with Crippen molar-refractivity contribution in [1.82, 2.24) is 10.3 Å². The van der Waals surface area contributed by atoms with Gasteiger partial charge >= 0.3 is 0 Å². The van der Waals surface area contributed by atoms with Gasteiger partial charge in [-0.1, -0.05) is 36.4 Å². The normalized spacial score (nSPS) is 12.5. The highest BCUT2D eigenvalue weighted by Crippen LogP contribution is 2.15. The lowest BCUT2D eigenvalue weighted by atomic mass is 10.1. The Morgan fingerprint density at radius 1 is 1.00 bits per heavy atom. The number of benzene rings is 2. The molecule has 0 saturated heterocycles. The first-order valence-corrected chi connectivity index (χ1v) is 7.06.